The van der Waals surface area contributed by atoms with Crippen LogP contribution in [0.25, 0.3) is 0 Å². The van der Waals surface area contributed by atoms with Crippen molar-refractivity contribution in [3.8, 4) is 0 Å². The molecule has 0 N–H and O–H groups in total. The SMILES string of the molecule is CC(C)N1CCCC1C/C=C\S(=O)(=O)Cl. The van der Waals surface area contributed by atoms with Gasteiger partial charge in [-0.2, -0.15) is 0 Å². The molecule has 5 heteroatoms. The maximum atomic E-state index is 10.7. The van der Waals surface area contributed by atoms with Gasteiger partial charge < -0.3 is 0 Å². The highest BCUT2D eigenvalue weighted by Crippen LogP contribution is 2.22. The first-order chi connectivity index (χ1) is 6.90. The smallest absolute Gasteiger partial charge is 0.254 e. The van der Waals surface area contributed by atoms with Crippen LogP contribution >= 0.6 is 10.7 Å². The molecule has 3 nitrogen and oxygen atoms in total. The first-order valence-electron chi connectivity index (χ1n) is 5.27. The molecule has 1 saturated heterocycles. The maximum absolute atomic E-state index is 10.7. The van der Waals surface area contributed by atoms with Crippen LogP contribution in [-0.2, 0) is 9.05 Å². The van der Waals surface area contributed by atoms with E-state index in [1.54, 1.807) is 6.08 Å². The van der Waals surface area contributed by atoms with Crippen molar-refractivity contribution in [3.05, 3.63) is 11.5 Å². The van der Waals surface area contributed by atoms with E-state index in [1.165, 1.54) is 6.42 Å². The Hall–Kier alpha value is -0.0600. The van der Waals surface area contributed by atoms with Crippen LogP contribution in [-0.4, -0.2) is 31.9 Å². The number of likely N-dealkylation sites (tertiary alicyclic amines) is 1. The van der Waals surface area contributed by atoms with Gasteiger partial charge >= 0.3 is 0 Å². The molecule has 15 heavy (non-hydrogen) atoms. The van der Waals surface area contributed by atoms with Gasteiger partial charge in [0.2, 0.25) is 0 Å². The van der Waals surface area contributed by atoms with Gasteiger partial charge in [0.25, 0.3) is 9.05 Å². The van der Waals surface area contributed by atoms with Crippen LogP contribution in [0.4, 0.5) is 0 Å². The molecule has 1 heterocycles. The van der Waals surface area contributed by atoms with Crippen LogP contribution in [0.3, 0.4) is 0 Å². The van der Waals surface area contributed by atoms with Gasteiger partial charge in [0, 0.05) is 28.2 Å². The second kappa shape index (κ2) is 5.32. The van der Waals surface area contributed by atoms with Crippen LogP contribution in [0.2, 0.25) is 0 Å². The van der Waals surface area contributed by atoms with E-state index in [-0.39, 0.29) is 0 Å². The van der Waals surface area contributed by atoms with Gasteiger partial charge in [0.05, 0.1) is 0 Å². The fourth-order valence-corrected chi connectivity index (χ4v) is 2.68. The normalized spacial score (nSPS) is 24.4. The predicted molar refractivity (Wildman–Crippen MR) is 63.4 cm³/mol. The summed E-state index contributed by atoms with van der Waals surface area (Å²) in [6, 6.07) is 0.998. The van der Waals surface area contributed by atoms with Gasteiger partial charge in [-0.15, -0.1) is 0 Å². The Morgan fingerprint density at radius 2 is 2.20 bits per heavy atom. The van der Waals surface area contributed by atoms with E-state index in [9.17, 15) is 8.42 Å². The molecule has 0 radical (unpaired) electrons. The summed E-state index contributed by atoms with van der Waals surface area (Å²) in [4.78, 5) is 2.41. The van der Waals surface area contributed by atoms with Crippen LogP contribution in [0, 0.1) is 0 Å². The van der Waals surface area contributed by atoms with Crippen LogP contribution < -0.4 is 0 Å². The van der Waals surface area contributed by atoms with Gasteiger partial charge in [-0.05, 0) is 39.7 Å². The second-order valence-electron chi connectivity index (χ2n) is 4.21. The van der Waals surface area contributed by atoms with Crippen molar-refractivity contribution < 1.29 is 8.42 Å². The summed E-state index contributed by atoms with van der Waals surface area (Å²) in [5.74, 6) is 0. The topological polar surface area (TPSA) is 37.4 Å². The fraction of sp³-hybridized carbons (Fsp3) is 0.800. The third kappa shape index (κ3) is 4.53. The highest BCUT2D eigenvalue weighted by atomic mass is 35.7. The van der Waals surface area contributed by atoms with E-state index in [0.29, 0.717) is 12.1 Å². The largest absolute Gasteiger partial charge is 0.298 e. The summed E-state index contributed by atoms with van der Waals surface area (Å²) in [7, 11) is 1.61. The second-order valence-corrected chi connectivity index (χ2v) is 6.72. The van der Waals surface area contributed by atoms with Gasteiger partial charge in [-0.25, -0.2) is 8.42 Å². The Labute approximate surface area is 96.5 Å². The van der Waals surface area contributed by atoms with E-state index in [1.807, 2.05) is 0 Å². The Morgan fingerprint density at radius 1 is 1.53 bits per heavy atom. The number of hydrogen-bond donors (Lipinski definition) is 0. The number of halogens is 1. The summed E-state index contributed by atoms with van der Waals surface area (Å²) in [6.07, 6.45) is 4.77. The van der Waals surface area contributed by atoms with Crippen molar-refractivity contribution in [2.24, 2.45) is 0 Å². The molecular weight excluding hydrogens is 234 g/mol. The maximum Gasteiger partial charge on any atom is 0.254 e. The van der Waals surface area contributed by atoms with E-state index in [4.69, 9.17) is 10.7 Å². The Bertz CT molecular complexity index is 324. The molecule has 0 bridgehead atoms. The molecule has 0 aromatic carbocycles. The van der Waals surface area contributed by atoms with Crippen LogP contribution in [0.1, 0.15) is 33.1 Å². The van der Waals surface area contributed by atoms with Gasteiger partial charge in [-0.3, -0.25) is 4.90 Å². The lowest BCUT2D eigenvalue weighted by molar-refractivity contribution is 0.205. The van der Waals surface area contributed by atoms with E-state index in [2.05, 4.69) is 18.7 Å². The zero-order valence-corrected chi connectivity index (χ0v) is 10.8. The first kappa shape index (κ1) is 13.0. The predicted octanol–water partition coefficient (Wildman–Crippen LogP) is 2.33. The molecule has 1 rings (SSSR count). The first-order valence-corrected chi connectivity index (χ1v) is 7.64. The molecule has 1 aliphatic heterocycles. The number of nitrogens with zero attached hydrogens (tertiary/aromatic N) is 1. The van der Waals surface area contributed by atoms with Crippen molar-refractivity contribution in [3.63, 3.8) is 0 Å². The highest BCUT2D eigenvalue weighted by molar-refractivity contribution is 8.16. The number of hydrogen-bond acceptors (Lipinski definition) is 3. The summed E-state index contributed by atoms with van der Waals surface area (Å²) >= 11 is 0. The van der Waals surface area contributed by atoms with Crippen molar-refractivity contribution >= 4 is 19.7 Å². The summed E-state index contributed by atoms with van der Waals surface area (Å²) in [5, 5.41) is 1.09. The average Bonchev–Trinajstić information content (AvgIpc) is 2.49. The van der Waals surface area contributed by atoms with Crippen molar-refractivity contribution in [2.75, 3.05) is 6.54 Å². The molecule has 0 aliphatic carbocycles. The summed E-state index contributed by atoms with van der Waals surface area (Å²) in [5.41, 5.74) is 0. The molecule has 1 unspecified atom stereocenters. The van der Waals surface area contributed by atoms with Gasteiger partial charge in [0.1, 0.15) is 0 Å². The minimum absolute atomic E-state index is 0.472. The van der Waals surface area contributed by atoms with Crippen molar-refractivity contribution in [2.45, 2.75) is 45.2 Å². The third-order valence-corrected chi connectivity index (χ3v) is 3.58. The van der Waals surface area contributed by atoms with E-state index < -0.39 is 9.05 Å². The van der Waals surface area contributed by atoms with Crippen LogP contribution in [0.5, 0.6) is 0 Å². The minimum atomic E-state index is -3.48. The summed E-state index contributed by atoms with van der Waals surface area (Å²) < 4.78 is 21.4. The Morgan fingerprint density at radius 3 is 2.73 bits per heavy atom. The molecule has 88 valence electrons. The molecule has 0 spiro atoms. The molecule has 1 atom stereocenters. The molecule has 0 aromatic rings. The lowest BCUT2D eigenvalue weighted by atomic mass is 10.1. The van der Waals surface area contributed by atoms with Gasteiger partial charge in [0.15, 0.2) is 0 Å². The highest BCUT2D eigenvalue weighted by Gasteiger charge is 2.25. The van der Waals surface area contributed by atoms with E-state index in [0.717, 1.165) is 24.8 Å². The molecule has 0 aromatic heterocycles. The monoisotopic (exact) mass is 251 g/mol. The Balaban J connectivity index is 2.48. The molecule has 0 saturated carbocycles. The minimum Gasteiger partial charge on any atom is -0.298 e. The molecule has 0 amide bonds. The zero-order chi connectivity index (χ0) is 11.5. The zero-order valence-electron chi connectivity index (χ0n) is 9.19. The standard InChI is InChI=1S/C10H18ClNO2S/c1-9(2)12-7-3-5-10(12)6-4-8-15(11,13)14/h4,8-10H,3,5-7H2,1-2H3/b8-4-. The summed E-state index contributed by atoms with van der Waals surface area (Å²) in [6.45, 7) is 5.45. The Kier molecular flexibility index (Phi) is 4.62. The van der Waals surface area contributed by atoms with Crippen LogP contribution in [0.15, 0.2) is 11.5 Å². The van der Waals surface area contributed by atoms with Crippen molar-refractivity contribution in [1.82, 2.24) is 4.90 Å². The lowest BCUT2D eigenvalue weighted by Gasteiger charge is -2.27. The lowest BCUT2D eigenvalue weighted by Crippen LogP contribution is -2.35. The number of rotatable bonds is 4. The van der Waals surface area contributed by atoms with E-state index >= 15 is 0 Å². The quantitative estimate of drug-likeness (QED) is 0.720. The molecule has 1 fully saturated rings. The van der Waals surface area contributed by atoms with Gasteiger partial charge in [-0.1, -0.05) is 6.08 Å². The fourth-order valence-electron chi connectivity index (χ4n) is 2.12. The van der Waals surface area contributed by atoms with Crippen molar-refractivity contribution in [1.29, 1.82) is 0 Å². The molecular formula is C10H18ClNO2S. The molecule has 1 aliphatic rings. The average molecular weight is 252 g/mol. The third-order valence-electron chi connectivity index (χ3n) is 2.75.